The maximum absolute atomic E-state index is 6.97. The summed E-state index contributed by atoms with van der Waals surface area (Å²) in [7, 11) is 0. The van der Waals surface area contributed by atoms with Gasteiger partial charge in [-0.05, 0) is 175 Å². The van der Waals surface area contributed by atoms with E-state index in [0.717, 1.165) is 99.5 Å². The first-order valence-electron chi connectivity index (χ1n) is 26.5. The van der Waals surface area contributed by atoms with Gasteiger partial charge in [-0.1, -0.05) is 182 Å². The van der Waals surface area contributed by atoms with Gasteiger partial charge < -0.3 is 18.6 Å². The maximum Gasteiger partial charge on any atom is 0.147 e. The molecule has 0 amide bonds. The highest BCUT2D eigenvalue weighted by molar-refractivity contribution is 6.24. The molecule has 0 radical (unpaired) electrons. The number of furan rings is 2. The highest BCUT2D eigenvalue weighted by atomic mass is 16.3. The maximum atomic E-state index is 6.97. The average Bonchev–Trinajstić information content (AvgIpc) is 4.16. The summed E-state index contributed by atoms with van der Waals surface area (Å²) in [4.78, 5) is 4.67. The van der Waals surface area contributed by atoms with Crippen LogP contribution in [-0.2, 0) is 0 Å². The molecular formula is C74H48N2O2. The standard InChI is InChI=1S/C74H48N2O2/c1-5-13-49(14-6-1)53-21-31-61(32-22-53)75(62-33-23-54(24-34-62)50-15-7-2-8-16-50)65-39-29-57-45-68-67-41-42-70-73(74(67)78-71(68)47-59(57)43-65)69-46-58-30-40-66(44-60(58)48-72(69)77-70)76(63-35-25-55(26-36-63)51-17-9-3-10-18-51)64-37-27-56(28-38-64)52-19-11-4-12-20-52/h1-48H. The summed E-state index contributed by atoms with van der Waals surface area (Å²) in [6.45, 7) is 0. The Hall–Kier alpha value is -10.4. The molecule has 4 nitrogen and oxygen atoms in total. The van der Waals surface area contributed by atoms with E-state index in [0.29, 0.717) is 0 Å². The van der Waals surface area contributed by atoms with Gasteiger partial charge in [0.25, 0.3) is 0 Å². The summed E-state index contributed by atoms with van der Waals surface area (Å²) in [6, 6.07) is 104. The molecule has 366 valence electrons. The van der Waals surface area contributed by atoms with Gasteiger partial charge in [0.05, 0.1) is 5.39 Å². The van der Waals surface area contributed by atoms with Crippen LogP contribution in [0.15, 0.2) is 300 Å². The van der Waals surface area contributed by atoms with Gasteiger partial charge >= 0.3 is 0 Å². The molecular weight excluding hydrogens is 949 g/mol. The van der Waals surface area contributed by atoms with Crippen molar-refractivity contribution in [2.75, 3.05) is 9.80 Å². The second kappa shape index (κ2) is 18.7. The van der Waals surface area contributed by atoms with Crippen molar-refractivity contribution < 1.29 is 8.83 Å². The third-order valence-electron chi connectivity index (χ3n) is 15.4. The van der Waals surface area contributed by atoms with E-state index in [1.807, 2.05) is 0 Å². The van der Waals surface area contributed by atoms with E-state index >= 15 is 0 Å². The summed E-state index contributed by atoms with van der Waals surface area (Å²) in [5.41, 5.74) is 19.2. The molecule has 15 aromatic rings. The Morgan fingerprint density at radius 3 is 0.923 bits per heavy atom. The van der Waals surface area contributed by atoms with E-state index in [1.165, 1.54) is 44.5 Å². The van der Waals surface area contributed by atoms with Gasteiger partial charge in [0.2, 0.25) is 0 Å². The van der Waals surface area contributed by atoms with Gasteiger partial charge in [-0.2, -0.15) is 0 Å². The van der Waals surface area contributed by atoms with Crippen LogP contribution in [0.4, 0.5) is 34.1 Å². The summed E-state index contributed by atoms with van der Waals surface area (Å²) >= 11 is 0. The zero-order chi connectivity index (χ0) is 51.5. The van der Waals surface area contributed by atoms with Crippen LogP contribution in [-0.4, -0.2) is 0 Å². The Bertz CT molecular complexity index is 4500. The second-order valence-corrected chi connectivity index (χ2v) is 20.1. The first kappa shape index (κ1) is 45.0. The number of hydrogen-bond donors (Lipinski definition) is 0. The molecule has 0 aliphatic heterocycles. The van der Waals surface area contributed by atoms with E-state index in [2.05, 4.69) is 301 Å². The number of fused-ring (bicyclic) bond motifs is 9. The largest absolute Gasteiger partial charge is 0.456 e. The molecule has 0 fully saturated rings. The van der Waals surface area contributed by atoms with E-state index in [4.69, 9.17) is 8.83 Å². The van der Waals surface area contributed by atoms with Gasteiger partial charge in [0, 0.05) is 50.3 Å². The molecule has 0 unspecified atom stereocenters. The zero-order valence-electron chi connectivity index (χ0n) is 42.4. The van der Waals surface area contributed by atoms with Gasteiger partial charge in [-0.15, -0.1) is 0 Å². The Labute approximate surface area is 451 Å². The summed E-state index contributed by atoms with van der Waals surface area (Å²) in [6.07, 6.45) is 0. The molecule has 0 saturated heterocycles. The topological polar surface area (TPSA) is 32.8 Å². The van der Waals surface area contributed by atoms with Crippen molar-refractivity contribution in [2.45, 2.75) is 0 Å². The molecule has 0 N–H and O–H groups in total. The van der Waals surface area contributed by atoms with Crippen LogP contribution in [0.1, 0.15) is 0 Å². The molecule has 0 aliphatic carbocycles. The van der Waals surface area contributed by atoms with Crippen LogP contribution >= 0.6 is 0 Å². The second-order valence-electron chi connectivity index (χ2n) is 20.1. The van der Waals surface area contributed by atoms with Crippen molar-refractivity contribution in [3.63, 3.8) is 0 Å². The number of rotatable bonds is 10. The number of benzene rings is 13. The fourth-order valence-electron chi connectivity index (χ4n) is 11.5. The lowest BCUT2D eigenvalue weighted by atomic mass is 10.0. The lowest BCUT2D eigenvalue weighted by Crippen LogP contribution is -2.09. The van der Waals surface area contributed by atoms with Gasteiger partial charge in [0.15, 0.2) is 0 Å². The Morgan fingerprint density at radius 1 is 0.205 bits per heavy atom. The lowest BCUT2D eigenvalue weighted by molar-refractivity contribution is 0.663. The highest BCUT2D eigenvalue weighted by Gasteiger charge is 2.21. The van der Waals surface area contributed by atoms with Crippen molar-refractivity contribution in [1.82, 2.24) is 0 Å². The zero-order valence-corrected chi connectivity index (χ0v) is 42.4. The number of anilines is 6. The molecule has 13 aromatic carbocycles. The van der Waals surface area contributed by atoms with E-state index in [9.17, 15) is 0 Å². The fraction of sp³-hybridized carbons (Fsp3) is 0. The molecule has 0 bridgehead atoms. The van der Waals surface area contributed by atoms with Crippen molar-refractivity contribution in [3.05, 3.63) is 291 Å². The SMILES string of the molecule is c1ccc(-c2ccc(N(c3ccc(-c4ccccc4)cc3)c3ccc4cc5c(cc4c3)oc3c5ccc4oc5cc6cc(N(c7ccc(-c8ccccc8)cc7)c7ccc(-c8ccccc8)cc7)ccc6cc5c43)cc2)cc1. The molecule has 0 aliphatic rings. The monoisotopic (exact) mass is 996 g/mol. The summed E-state index contributed by atoms with van der Waals surface area (Å²) in [5, 5.41) is 8.58. The van der Waals surface area contributed by atoms with Crippen molar-refractivity contribution in [2.24, 2.45) is 0 Å². The van der Waals surface area contributed by atoms with Crippen LogP contribution in [0.3, 0.4) is 0 Å². The van der Waals surface area contributed by atoms with Crippen LogP contribution < -0.4 is 9.80 Å². The first-order chi connectivity index (χ1) is 38.6. The molecule has 78 heavy (non-hydrogen) atoms. The predicted octanol–water partition coefficient (Wildman–Crippen LogP) is 21.4. The minimum Gasteiger partial charge on any atom is -0.456 e. The number of nitrogens with zero attached hydrogens (tertiary/aromatic N) is 2. The molecule has 0 spiro atoms. The summed E-state index contributed by atoms with van der Waals surface area (Å²) < 4.78 is 13.7. The van der Waals surface area contributed by atoms with Crippen LogP contribution in [0.2, 0.25) is 0 Å². The Morgan fingerprint density at radius 2 is 0.538 bits per heavy atom. The molecule has 2 heterocycles. The van der Waals surface area contributed by atoms with Gasteiger partial charge in [-0.3, -0.25) is 0 Å². The third kappa shape index (κ3) is 8.03. The van der Waals surface area contributed by atoms with Crippen LogP contribution in [0.25, 0.3) is 110 Å². The van der Waals surface area contributed by atoms with Gasteiger partial charge in [-0.25, -0.2) is 0 Å². The van der Waals surface area contributed by atoms with Crippen molar-refractivity contribution in [3.8, 4) is 44.5 Å². The third-order valence-corrected chi connectivity index (χ3v) is 15.4. The van der Waals surface area contributed by atoms with E-state index in [1.54, 1.807) is 0 Å². The normalized spacial score (nSPS) is 11.6. The van der Waals surface area contributed by atoms with E-state index < -0.39 is 0 Å². The van der Waals surface area contributed by atoms with Crippen LogP contribution in [0.5, 0.6) is 0 Å². The van der Waals surface area contributed by atoms with Crippen LogP contribution in [0, 0.1) is 0 Å². The Balaban J connectivity index is 0.807. The molecule has 4 heteroatoms. The predicted molar refractivity (Wildman–Crippen MR) is 327 cm³/mol. The van der Waals surface area contributed by atoms with Gasteiger partial charge in [0.1, 0.15) is 22.3 Å². The minimum absolute atomic E-state index is 0.796. The number of hydrogen-bond acceptors (Lipinski definition) is 4. The minimum atomic E-state index is 0.796. The first-order valence-corrected chi connectivity index (χ1v) is 26.5. The molecule has 2 aromatic heterocycles. The average molecular weight is 997 g/mol. The lowest BCUT2D eigenvalue weighted by Gasteiger charge is -2.26. The van der Waals surface area contributed by atoms with Crippen molar-refractivity contribution >= 4 is 99.5 Å². The quantitative estimate of drug-likeness (QED) is 0.137. The smallest absolute Gasteiger partial charge is 0.147 e. The fourth-order valence-corrected chi connectivity index (χ4v) is 11.5. The molecule has 0 saturated carbocycles. The van der Waals surface area contributed by atoms with Crippen molar-refractivity contribution in [1.29, 1.82) is 0 Å². The summed E-state index contributed by atoms with van der Waals surface area (Å²) in [5.74, 6) is 0. The highest BCUT2D eigenvalue weighted by Crippen LogP contribution is 2.45. The molecule has 15 rings (SSSR count). The molecule has 0 atom stereocenters. The van der Waals surface area contributed by atoms with E-state index in [-0.39, 0.29) is 0 Å². The Kier molecular flexibility index (Phi) is 10.8.